The van der Waals surface area contributed by atoms with Crippen LogP contribution in [0.5, 0.6) is 0 Å². The number of allylic oxidation sites excluding steroid dienone is 1. The van der Waals surface area contributed by atoms with E-state index in [1.54, 1.807) is 6.92 Å². The summed E-state index contributed by atoms with van der Waals surface area (Å²) in [5.41, 5.74) is 0. The zero-order chi connectivity index (χ0) is 7.56. The van der Waals surface area contributed by atoms with E-state index < -0.39 is 6.10 Å². The number of aliphatic hydroxyl groups excluding tert-OH is 1. The minimum atomic E-state index is -0.426. The van der Waals surface area contributed by atoms with Gasteiger partial charge in [-0.05, 0) is 6.92 Å². The van der Waals surface area contributed by atoms with Gasteiger partial charge in [0.2, 0.25) is 0 Å². The molecule has 0 saturated carbocycles. The van der Waals surface area contributed by atoms with E-state index in [1.807, 2.05) is 0 Å². The Labute approximate surface area is 59.3 Å². The van der Waals surface area contributed by atoms with E-state index in [0.717, 1.165) is 0 Å². The van der Waals surface area contributed by atoms with E-state index in [1.165, 1.54) is 6.08 Å². The largest absolute Gasteiger partial charge is 0.487 e. The lowest BCUT2D eigenvalue weighted by Crippen LogP contribution is -2.17. The quantitative estimate of drug-likeness (QED) is 0.600. The molecule has 1 unspecified atom stereocenters. The van der Waals surface area contributed by atoms with E-state index in [2.05, 4.69) is 0 Å². The molecule has 3 nitrogen and oxygen atoms in total. The van der Waals surface area contributed by atoms with Crippen LogP contribution in [0.2, 0.25) is 0 Å². The Morgan fingerprint density at radius 3 is 2.90 bits per heavy atom. The van der Waals surface area contributed by atoms with E-state index >= 15 is 0 Å². The highest BCUT2D eigenvalue weighted by Gasteiger charge is 2.23. The van der Waals surface area contributed by atoms with Crippen LogP contribution in [0, 0.1) is 0 Å². The van der Waals surface area contributed by atoms with Crippen LogP contribution >= 0.6 is 0 Å². The summed E-state index contributed by atoms with van der Waals surface area (Å²) >= 11 is 0. The molecule has 10 heavy (non-hydrogen) atoms. The molecule has 0 aromatic rings. The van der Waals surface area contributed by atoms with Gasteiger partial charge in [0.25, 0.3) is 0 Å². The SMILES string of the molecule is CC1=CC(=O)C(CCO)O1. The normalized spacial score (nSPS) is 24.4. The zero-order valence-corrected chi connectivity index (χ0v) is 5.83. The van der Waals surface area contributed by atoms with Gasteiger partial charge in [-0.1, -0.05) is 0 Å². The summed E-state index contributed by atoms with van der Waals surface area (Å²) in [7, 11) is 0. The Morgan fingerprint density at radius 2 is 2.50 bits per heavy atom. The van der Waals surface area contributed by atoms with Crippen molar-refractivity contribution in [1.29, 1.82) is 0 Å². The molecule has 0 spiro atoms. The average molecular weight is 142 g/mol. The molecule has 0 saturated heterocycles. The highest BCUT2D eigenvalue weighted by molar-refractivity contribution is 5.95. The first-order chi connectivity index (χ1) is 4.74. The van der Waals surface area contributed by atoms with Crippen molar-refractivity contribution in [3.05, 3.63) is 11.8 Å². The molecule has 1 aliphatic heterocycles. The van der Waals surface area contributed by atoms with E-state index in [-0.39, 0.29) is 12.4 Å². The van der Waals surface area contributed by atoms with E-state index in [9.17, 15) is 4.79 Å². The smallest absolute Gasteiger partial charge is 0.199 e. The molecular formula is C7H10O3. The van der Waals surface area contributed by atoms with Crippen molar-refractivity contribution in [3.63, 3.8) is 0 Å². The van der Waals surface area contributed by atoms with Crippen molar-refractivity contribution >= 4 is 5.78 Å². The van der Waals surface area contributed by atoms with Crippen molar-refractivity contribution in [2.24, 2.45) is 0 Å². The molecule has 0 aromatic heterocycles. The summed E-state index contributed by atoms with van der Waals surface area (Å²) in [5.74, 6) is 0.606. The topological polar surface area (TPSA) is 46.5 Å². The second-order valence-electron chi connectivity index (χ2n) is 2.28. The number of carbonyl (C=O) groups is 1. The number of ketones is 1. The van der Waals surface area contributed by atoms with Crippen molar-refractivity contribution in [3.8, 4) is 0 Å². The van der Waals surface area contributed by atoms with Gasteiger partial charge in [-0.15, -0.1) is 0 Å². The Hall–Kier alpha value is -0.830. The molecule has 1 N–H and O–H groups in total. The van der Waals surface area contributed by atoms with Crippen molar-refractivity contribution < 1.29 is 14.6 Å². The third-order valence-corrected chi connectivity index (χ3v) is 1.38. The molecule has 0 radical (unpaired) electrons. The number of rotatable bonds is 2. The fourth-order valence-electron chi connectivity index (χ4n) is 0.928. The van der Waals surface area contributed by atoms with Crippen LogP contribution in [-0.2, 0) is 9.53 Å². The van der Waals surface area contributed by atoms with Crippen molar-refractivity contribution in [2.75, 3.05) is 6.61 Å². The summed E-state index contributed by atoms with van der Waals surface area (Å²) in [6.07, 6.45) is 1.43. The van der Waals surface area contributed by atoms with Gasteiger partial charge in [-0.25, -0.2) is 0 Å². The fraction of sp³-hybridized carbons (Fsp3) is 0.571. The van der Waals surface area contributed by atoms with Gasteiger partial charge in [-0.3, -0.25) is 4.79 Å². The van der Waals surface area contributed by atoms with E-state index in [0.29, 0.717) is 12.2 Å². The second-order valence-corrected chi connectivity index (χ2v) is 2.28. The molecule has 1 aliphatic rings. The van der Waals surface area contributed by atoms with Gasteiger partial charge in [0.05, 0.1) is 5.76 Å². The molecule has 3 heteroatoms. The van der Waals surface area contributed by atoms with E-state index in [4.69, 9.17) is 9.84 Å². The number of carbonyl (C=O) groups excluding carboxylic acids is 1. The van der Waals surface area contributed by atoms with Gasteiger partial charge in [0, 0.05) is 19.1 Å². The zero-order valence-electron chi connectivity index (χ0n) is 5.83. The first-order valence-electron chi connectivity index (χ1n) is 3.23. The summed E-state index contributed by atoms with van der Waals surface area (Å²) in [5, 5.41) is 8.48. The second kappa shape index (κ2) is 2.84. The number of ether oxygens (including phenoxy) is 1. The maximum atomic E-state index is 10.9. The Bertz CT molecular complexity index is 172. The van der Waals surface area contributed by atoms with Gasteiger partial charge < -0.3 is 9.84 Å². The van der Waals surface area contributed by atoms with Crippen LogP contribution in [0.25, 0.3) is 0 Å². The lowest BCUT2D eigenvalue weighted by molar-refractivity contribution is -0.121. The Balaban J connectivity index is 2.47. The lowest BCUT2D eigenvalue weighted by atomic mass is 10.2. The lowest BCUT2D eigenvalue weighted by Gasteiger charge is -2.07. The van der Waals surface area contributed by atoms with Gasteiger partial charge in [-0.2, -0.15) is 0 Å². The predicted octanol–water partition coefficient (Wildman–Crippen LogP) is 0.240. The molecular weight excluding hydrogens is 132 g/mol. The standard InChI is InChI=1S/C7H10O3/c1-5-4-6(9)7(10-5)2-3-8/h4,7-8H,2-3H2,1H3. The molecule has 0 aliphatic carbocycles. The molecule has 1 heterocycles. The van der Waals surface area contributed by atoms with Crippen LogP contribution < -0.4 is 0 Å². The highest BCUT2D eigenvalue weighted by Crippen LogP contribution is 2.14. The maximum absolute atomic E-state index is 10.9. The molecule has 1 atom stereocenters. The molecule has 1 rings (SSSR count). The molecule has 0 bridgehead atoms. The first-order valence-corrected chi connectivity index (χ1v) is 3.23. The number of aliphatic hydroxyl groups is 1. The monoisotopic (exact) mass is 142 g/mol. The summed E-state index contributed by atoms with van der Waals surface area (Å²) in [6.45, 7) is 1.73. The van der Waals surface area contributed by atoms with Crippen molar-refractivity contribution in [1.82, 2.24) is 0 Å². The van der Waals surface area contributed by atoms with Crippen LogP contribution in [0.3, 0.4) is 0 Å². The Kier molecular flexibility index (Phi) is 2.06. The molecule has 56 valence electrons. The average Bonchev–Trinajstić information content (AvgIpc) is 2.13. The first kappa shape index (κ1) is 7.28. The molecule has 0 aromatic carbocycles. The minimum absolute atomic E-state index is 0.00245. The van der Waals surface area contributed by atoms with Gasteiger partial charge in [0.1, 0.15) is 0 Å². The summed E-state index contributed by atoms with van der Waals surface area (Å²) in [6, 6.07) is 0. The van der Waals surface area contributed by atoms with Crippen LogP contribution in [0.4, 0.5) is 0 Å². The van der Waals surface area contributed by atoms with Crippen LogP contribution in [0.15, 0.2) is 11.8 Å². The number of hydrogen-bond donors (Lipinski definition) is 1. The maximum Gasteiger partial charge on any atom is 0.199 e. The van der Waals surface area contributed by atoms with Crippen molar-refractivity contribution in [2.45, 2.75) is 19.4 Å². The van der Waals surface area contributed by atoms with Gasteiger partial charge in [0.15, 0.2) is 11.9 Å². The molecule has 0 fully saturated rings. The number of hydrogen-bond acceptors (Lipinski definition) is 3. The third kappa shape index (κ3) is 1.36. The fourth-order valence-corrected chi connectivity index (χ4v) is 0.928. The van der Waals surface area contributed by atoms with Gasteiger partial charge >= 0.3 is 0 Å². The third-order valence-electron chi connectivity index (χ3n) is 1.38. The summed E-state index contributed by atoms with van der Waals surface area (Å²) in [4.78, 5) is 10.9. The summed E-state index contributed by atoms with van der Waals surface area (Å²) < 4.78 is 5.07. The van der Waals surface area contributed by atoms with Crippen LogP contribution in [0.1, 0.15) is 13.3 Å². The minimum Gasteiger partial charge on any atom is -0.487 e. The molecule has 0 amide bonds. The highest BCUT2D eigenvalue weighted by atomic mass is 16.5. The Morgan fingerprint density at radius 1 is 1.80 bits per heavy atom. The predicted molar refractivity (Wildman–Crippen MR) is 35.3 cm³/mol. The van der Waals surface area contributed by atoms with Crippen LogP contribution in [-0.4, -0.2) is 23.6 Å².